The molecule has 0 heterocycles. The van der Waals surface area contributed by atoms with E-state index in [0.29, 0.717) is 6.07 Å². The van der Waals surface area contributed by atoms with E-state index in [1.807, 2.05) is 0 Å². The number of aliphatic hydroxyl groups excluding tert-OH is 1. The Morgan fingerprint density at radius 2 is 1.73 bits per heavy atom. The number of halogens is 6. The molecule has 15 heavy (non-hydrogen) atoms. The molecule has 84 valence electrons. The van der Waals surface area contributed by atoms with Crippen molar-refractivity contribution in [3.8, 4) is 0 Å². The molecular weight excluding hydrogens is 287 g/mol. The molecule has 0 aliphatic heterocycles. The SMILES string of the molecule is OCc1c(F)c(Br)cc(C(F)(F)F)c1F. The van der Waals surface area contributed by atoms with Gasteiger partial charge in [-0.3, -0.25) is 0 Å². The van der Waals surface area contributed by atoms with Crippen LogP contribution in [-0.4, -0.2) is 5.11 Å². The molecule has 0 bridgehead atoms. The number of rotatable bonds is 1. The fourth-order valence-corrected chi connectivity index (χ4v) is 1.47. The lowest BCUT2D eigenvalue weighted by Gasteiger charge is -2.12. The summed E-state index contributed by atoms with van der Waals surface area (Å²) >= 11 is 2.51. The average Bonchev–Trinajstić information content (AvgIpc) is 2.10. The predicted octanol–water partition coefficient (Wildman–Crippen LogP) is 3.24. The first-order valence-corrected chi connectivity index (χ1v) is 4.42. The second-order valence-corrected chi connectivity index (χ2v) is 3.52. The van der Waals surface area contributed by atoms with Crippen LogP contribution in [0, 0.1) is 11.6 Å². The Hall–Kier alpha value is -0.690. The van der Waals surface area contributed by atoms with Gasteiger partial charge < -0.3 is 5.11 Å². The quantitative estimate of drug-likeness (QED) is 0.622. The highest BCUT2D eigenvalue weighted by Gasteiger charge is 2.36. The van der Waals surface area contributed by atoms with Crippen LogP contribution in [0.3, 0.4) is 0 Å². The monoisotopic (exact) mass is 290 g/mol. The molecule has 1 nitrogen and oxygen atoms in total. The molecule has 0 radical (unpaired) electrons. The van der Waals surface area contributed by atoms with Gasteiger partial charge in [0.25, 0.3) is 0 Å². The van der Waals surface area contributed by atoms with E-state index < -0.39 is 40.0 Å². The van der Waals surface area contributed by atoms with Crippen LogP contribution in [-0.2, 0) is 12.8 Å². The number of aliphatic hydroxyl groups is 1. The largest absolute Gasteiger partial charge is 0.419 e. The Bertz CT molecular complexity index is 388. The maximum absolute atomic E-state index is 13.1. The Labute approximate surface area is 89.7 Å². The van der Waals surface area contributed by atoms with Crippen molar-refractivity contribution < 1.29 is 27.1 Å². The third-order valence-corrected chi connectivity index (χ3v) is 2.29. The summed E-state index contributed by atoms with van der Waals surface area (Å²) in [7, 11) is 0. The topological polar surface area (TPSA) is 20.2 Å². The fourth-order valence-electron chi connectivity index (χ4n) is 1.00. The molecule has 0 aliphatic carbocycles. The minimum absolute atomic E-state index is 0.295. The zero-order chi connectivity index (χ0) is 11.8. The first kappa shape index (κ1) is 12.4. The lowest BCUT2D eigenvalue weighted by molar-refractivity contribution is -0.140. The molecule has 0 aromatic heterocycles. The highest BCUT2D eigenvalue weighted by atomic mass is 79.9. The molecule has 0 fully saturated rings. The van der Waals surface area contributed by atoms with Gasteiger partial charge in [-0.05, 0) is 22.0 Å². The summed E-state index contributed by atoms with van der Waals surface area (Å²) in [5.41, 5.74) is -2.61. The highest BCUT2D eigenvalue weighted by Crippen LogP contribution is 2.36. The van der Waals surface area contributed by atoms with Crippen molar-refractivity contribution in [3.05, 3.63) is 33.3 Å². The van der Waals surface area contributed by atoms with Crippen LogP contribution < -0.4 is 0 Å². The van der Waals surface area contributed by atoms with Gasteiger partial charge in [-0.2, -0.15) is 13.2 Å². The summed E-state index contributed by atoms with van der Waals surface area (Å²) in [5, 5.41) is 8.55. The molecule has 1 N–H and O–H groups in total. The predicted molar refractivity (Wildman–Crippen MR) is 45.0 cm³/mol. The van der Waals surface area contributed by atoms with Crippen molar-refractivity contribution in [3.63, 3.8) is 0 Å². The molecule has 1 rings (SSSR count). The molecule has 0 aliphatic rings. The highest BCUT2D eigenvalue weighted by molar-refractivity contribution is 9.10. The Morgan fingerprint density at radius 3 is 2.13 bits per heavy atom. The van der Waals surface area contributed by atoms with E-state index in [9.17, 15) is 22.0 Å². The van der Waals surface area contributed by atoms with Crippen LogP contribution in [0.2, 0.25) is 0 Å². The molecule has 0 unspecified atom stereocenters. The molecule has 7 heteroatoms. The lowest BCUT2D eigenvalue weighted by atomic mass is 10.1. The van der Waals surface area contributed by atoms with Gasteiger partial charge in [0.15, 0.2) is 0 Å². The van der Waals surface area contributed by atoms with Crippen LogP contribution in [0.5, 0.6) is 0 Å². The first-order chi connectivity index (χ1) is 6.79. The van der Waals surface area contributed by atoms with Gasteiger partial charge in [0, 0.05) is 0 Å². The molecule has 0 amide bonds. The maximum atomic E-state index is 13.1. The third kappa shape index (κ3) is 2.28. The van der Waals surface area contributed by atoms with Gasteiger partial charge in [-0.25, -0.2) is 8.78 Å². The van der Waals surface area contributed by atoms with E-state index in [1.165, 1.54) is 0 Å². The zero-order valence-corrected chi connectivity index (χ0v) is 8.59. The molecule has 0 saturated heterocycles. The summed E-state index contributed by atoms with van der Waals surface area (Å²) < 4.78 is 62.2. The first-order valence-electron chi connectivity index (χ1n) is 3.63. The molecule has 0 saturated carbocycles. The maximum Gasteiger partial charge on any atom is 0.419 e. The van der Waals surface area contributed by atoms with Gasteiger partial charge in [-0.1, -0.05) is 0 Å². The van der Waals surface area contributed by atoms with E-state index in [2.05, 4.69) is 15.9 Å². The van der Waals surface area contributed by atoms with Crippen LogP contribution in [0.25, 0.3) is 0 Å². The molecule has 1 aromatic carbocycles. The van der Waals surface area contributed by atoms with Gasteiger partial charge in [0.2, 0.25) is 0 Å². The van der Waals surface area contributed by atoms with E-state index in [-0.39, 0.29) is 0 Å². The van der Waals surface area contributed by atoms with E-state index in [1.54, 1.807) is 0 Å². The normalized spacial score (nSPS) is 11.9. The van der Waals surface area contributed by atoms with Crippen LogP contribution >= 0.6 is 15.9 Å². The summed E-state index contributed by atoms with van der Waals surface area (Å²) in [6.07, 6.45) is -4.93. The molecular formula is C8H4BrF5O. The van der Waals surface area contributed by atoms with Crippen molar-refractivity contribution in [2.75, 3.05) is 0 Å². The Morgan fingerprint density at radius 1 is 1.20 bits per heavy atom. The van der Waals surface area contributed by atoms with Gasteiger partial charge >= 0.3 is 6.18 Å². The van der Waals surface area contributed by atoms with Crippen molar-refractivity contribution in [2.24, 2.45) is 0 Å². The van der Waals surface area contributed by atoms with Crippen LogP contribution in [0.4, 0.5) is 22.0 Å². The van der Waals surface area contributed by atoms with E-state index >= 15 is 0 Å². The number of hydrogen-bond acceptors (Lipinski definition) is 1. The number of alkyl halides is 3. The summed E-state index contributed by atoms with van der Waals surface area (Å²) in [5.74, 6) is -3.02. The molecule has 0 spiro atoms. The van der Waals surface area contributed by atoms with Gasteiger partial charge in [0.05, 0.1) is 22.2 Å². The molecule has 0 atom stereocenters. The second-order valence-electron chi connectivity index (χ2n) is 2.67. The lowest BCUT2D eigenvalue weighted by Crippen LogP contribution is -2.12. The zero-order valence-electron chi connectivity index (χ0n) is 7.00. The Kier molecular flexibility index (Phi) is 3.34. The number of hydrogen-bond donors (Lipinski definition) is 1. The molecule has 1 aromatic rings. The number of benzene rings is 1. The van der Waals surface area contributed by atoms with Gasteiger partial charge in [0.1, 0.15) is 11.6 Å². The van der Waals surface area contributed by atoms with Crippen molar-refractivity contribution in [1.82, 2.24) is 0 Å². The standard InChI is InChI=1S/C8H4BrF5O/c9-5-1-4(8(12,13)14)6(10)3(2-15)7(5)11/h1,15H,2H2. The van der Waals surface area contributed by atoms with Crippen molar-refractivity contribution in [1.29, 1.82) is 0 Å². The summed E-state index contributed by atoms with van der Waals surface area (Å²) in [6.45, 7) is -1.14. The van der Waals surface area contributed by atoms with Gasteiger partial charge in [-0.15, -0.1) is 0 Å². The van der Waals surface area contributed by atoms with Crippen LogP contribution in [0.15, 0.2) is 10.5 Å². The van der Waals surface area contributed by atoms with Crippen molar-refractivity contribution in [2.45, 2.75) is 12.8 Å². The minimum atomic E-state index is -4.93. The smallest absolute Gasteiger partial charge is 0.391 e. The fraction of sp³-hybridized carbons (Fsp3) is 0.250. The van der Waals surface area contributed by atoms with E-state index in [4.69, 9.17) is 5.11 Å². The van der Waals surface area contributed by atoms with Crippen molar-refractivity contribution >= 4 is 15.9 Å². The minimum Gasteiger partial charge on any atom is -0.391 e. The third-order valence-electron chi connectivity index (χ3n) is 1.71. The summed E-state index contributed by atoms with van der Waals surface area (Å²) in [6, 6.07) is 0.295. The summed E-state index contributed by atoms with van der Waals surface area (Å²) in [4.78, 5) is 0. The average molecular weight is 291 g/mol. The Balaban J connectivity index is 3.51. The van der Waals surface area contributed by atoms with Crippen LogP contribution in [0.1, 0.15) is 11.1 Å². The van der Waals surface area contributed by atoms with E-state index in [0.717, 1.165) is 0 Å². The second kappa shape index (κ2) is 4.05.